The molecule has 0 atom stereocenters. The summed E-state index contributed by atoms with van der Waals surface area (Å²) in [5.41, 5.74) is 0.719. The number of aromatic hydroxyl groups is 1. The van der Waals surface area contributed by atoms with Gasteiger partial charge in [0, 0.05) is 0 Å². The minimum Gasteiger partial charge on any atom is -0.502 e. The van der Waals surface area contributed by atoms with E-state index >= 15 is 0 Å². The van der Waals surface area contributed by atoms with Crippen LogP contribution in [0.3, 0.4) is 0 Å². The predicted octanol–water partition coefficient (Wildman–Crippen LogP) is 8.64. The minimum atomic E-state index is 0.139. The molecule has 7 heteroatoms. The zero-order chi connectivity index (χ0) is 22.3. The fraction of sp³-hybridized carbons (Fsp3) is 0.833. The molecule has 31 heavy (non-hydrogen) atoms. The number of ether oxygens (including phenoxy) is 1. The molecule has 2 rings (SSSR count). The lowest BCUT2D eigenvalue weighted by Gasteiger charge is -2.26. The molecule has 0 unspecified atom stereocenters. The Morgan fingerprint density at radius 1 is 0.839 bits per heavy atom. The summed E-state index contributed by atoms with van der Waals surface area (Å²) in [7, 11) is 0. The van der Waals surface area contributed by atoms with Gasteiger partial charge in [-0.15, -0.1) is 0 Å². The van der Waals surface area contributed by atoms with Gasteiger partial charge in [-0.25, -0.2) is 6.31 Å². The molecule has 1 aliphatic rings. The van der Waals surface area contributed by atoms with Gasteiger partial charge in [0.1, 0.15) is 6.10 Å². The Balaban J connectivity index is 1.57. The lowest BCUT2D eigenvalue weighted by atomic mass is 9.96. The highest BCUT2D eigenvalue weighted by molar-refractivity contribution is 14.2. The van der Waals surface area contributed by atoms with Gasteiger partial charge in [0.25, 0.3) is 5.88 Å². The van der Waals surface area contributed by atoms with E-state index in [1.54, 1.807) is 0 Å². The van der Waals surface area contributed by atoms with Crippen molar-refractivity contribution in [3.63, 3.8) is 0 Å². The Morgan fingerprint density at radius 2 is 1.35 bits per heavy atom. The lowest BCUT2D eigenvalue weighted by Crippen LogP contribution is -2.25. The average Bonchev–Trinajstić information content (AvgIpc) is 2.72. The maximum absolute atomic E-state index is 10.6. The first-order chi connectivity index (χ1) is 15.1. The Morgan fingerprint density at radius 3 is 1.81 bits per heavy atom. The largest absolute Gasteiger partial charge is 0.502 e. The van der Waals surface area contributed by atoms with Gasteiger partial charge < -0.3 is 9.84 Å². The molecular formula is C24H41I2N3O2. The van der Waals surface area contributed by atoms with Gasteiger partial charge in [-0.2, -0.15) is 4.98 Å². The van der Waals surface area contributed by atoms with E-state index in [4.69, 9.17) is 4.74 Å². The van der Waals surface area contributed by atoms with Crippen molar-refractivity contribution in [3.8, 4) is 11.6 Å². The zero-order valence-electron chi connectivity index (χ0n) is 19.3. The van der Waals surface area contributed by atoms with Gasteiger partial charge >= 0.3 is 0 Å². The van der Waals surface area contributed by atoms with Gasteiger partial charge in [0.15, 0.2) is 0 Å². The van der Waals surface area contributed by atoms with Crippen LogP contribution in [0, 0.1) is 0 Å². The van der Waals surface area contributed by atoms with Gasteiger partial charge in [0.05, 0.1) is 51.4 Å². The molecule has 1 aliphatic carbocycles. The number of anilines is 1. The molecule has 1 fully saturated rings. The molecule has 178 valence electrons. The summed E-state index contributed by atoms with van der Waals surface area (Å²) < 4.78 is 7.72. The first-order valence-corrected chi connectivity index (χ1v) is 14.4. The first kappa shape index (κ1) is 27.2. The van der Waals surface area contributed by atoms with E-state index < -0.39 is 0 Å². The number of aromatic nitrogens is 2. The molecule has 1 aromatic heterocycles. The van der Waals surface area contributed by atoms with Crippen LogP contribution in [0.2, 0.25) is 0 Å². The van der Waals surface area contributed by atoms with Gasteiger partial charge in [-0.3, -0.25) is 0 Å². The Kier molecular flexibility index (Phi) is 14.5. The molecule has 0 amide bonds. The maximum Gasteiger partial charge on any atom is 0.262 e. The van der Waals surface area contributed by atoms with E-state index in [2.05, 4.69) is 62.6 Å². The summed E-state index contributed by atoms with van der Waals surface area (Å²) in [5, 5.41) is 10.6. The molecule has 0 saturated heterocycles. The highest BCUT2D eigenvalue weighted by atomic mass is 127. The van der Waals surface area contributed by atoms with Crippen molar-refractivity contribution in [2.75, 3.05) is 1.33 Å². The zero-order valence-corrected chi connectivity index (χ0v) is 23.6. The monoisotopic (exact) mass is 657 g/mol. The van der Waals surface area contributed by atoms with Crippen LogP contribution < -0.4 is 6.06 Å². The fourth-order valence-electron chi connectivity index (χ4n) is 3.93. The summed E-state index contributed by atoms with van der Waals surface area (Å²) in [6.07, 6.45) is 23.1. The summed E-state index contributed by atoms with van der Waals surface area (Å²) >= 11 is 4.29. The third kappa shape index (κ3) is 11.1. The summed E-state index contributed by atoms with van der Waals surface area (Å²) in [6, 6.07) is 0. The number of aryl methyl sites for hydroxylation is 1. The molecule has 1 N–H and O–H groups in total. The van der Waals surface area contributed by atoms with E-state index in [-0.39, 0.29) is 11.9 Å². The average molecular weight is 657 g/mol. The van der Waals surface area contributed by atoms with E-state index in [0.29, 0.717) is 11.8 Å². The number of unbranched alkanes of at least 4 members (excludes halogenated alkanes) is 13. The topological polar surface area (TPSA) is 58.5 Å². The van der Waals surface area contributed by atoms with Crippen LogP contribution in [0.1, 0.15) is 122 Å². The standard InChI is InChI=1S/C24H41I2N3O2/c1-2-3-4-5-6-7-8-9-10-11-12-13-14-15-19-21-22(30)23(31-20-17-16-18-20)28-24(27-21)29(25)26/h20,30H,2-19H2,1H3. The Labute approximate surface area is 217 Å². The predicted molar refractivity (Wildman–Crippen MR) is 146 cm³/mol. The molecule has 0 spiro atoms. The van der Waals surface area contributed by atoms with Crippen LogP contribution in [0.4, 0.5) is 5.95 Å². The van der Waals surface area contributed by atoms with Crippen LogP contribution in [-0.2, 0) is 6.42 Å². The van der Waals surface area contributed by atoms with Crippen molar-refractivity contribution in [2.24, 2.45) is 0 Å². The van der Waals surface area contributed by atoms with E-state index in [9.17, 15) is 5.11 Å². The van der Waals surface area contributed by atoms with Crippen LogP contribution in [0.15, 0.2) is 0 Å². The quantitative estimate of drug-likeness (QED) is 0.0974. The van der Waals surface area contributed by atoms with Crippen molar-refractivity contribution < 1.29 is 9.84 Å². The van der Waals surface area contributed by atoms with Crippen molar-refractivity contribution in [3.05, 3.63) is 5.69 Å². The molecule has 1 heterocycles. The third-order valence-electron chi connectivity index (χ3n) is 6.16. The number of hydrogen-bond donors (Lipinski definition) is 1. The van der Waals surface area contributed by atoms with Crippen molar-refractivity contribution >= 4 is 51.7 Å². The third-order valence-corrected chi connectivity index (χ3v) is 7.02. The second kappa shape index (κ2) is 16.5. The molecule has 0 aromatic carbocycles. The number of nitrogens with zero attached hydrogens (tertiary/aromatic N) is 3. The van der Waals surface area contributed by atoms with Crippen LogP contribution in [-0.4, -0.2) is 21.2 Å². The maximum atomic E-state index is 10.6. The van der Waals surface area contributed by atoms with Crippen molar-refractivity contribution in [1.29, 1.82) is 0 Å². The van der Waals surface area contributed by atoms with Crippen LogP contribution in [0.25, 0.3) is 0 Å². The lowest BCUT2D eigenvalue weighted by molar-refractivity contribution is 0.110. The SMILES string of the molecule is CCCCCCCCCCCCCCCCc1nc(N(I)I)nc(OC2CCC2)c1O. The van der Waals surface area contributed by atoms with E-state index in [1.807, 2.05) is 1.33 Å². The minimum absolute atomic E-state index is 0.139. The summed E-state index contributed by atoms with van der Waals surface area (Å²) in [6.45, 7) is 2.28. The van der Waals surface area contributed by atoms with E-state index in [0.717, 1.165) is 31.4 Å². The Hall–Kier alpha value is -0.0600. The van der Waals surface area contributed by atoms with Crippen molar-refractivity contribution in [2.45, 2.75) is 129 Å². The number of halogens is 2. The van der Waals surface area contributed by atoms with Gasteiger partial charge in [-0.05, 0) is 32.1 Å². The summed E-state index contributed by atoms with van der Waals surface area (Å²) in [5.74, 6) is 1.09. The molecule has 0 aliphatic heterocycles. The normalized spacial score (nSPS) is 13.9. The van der Waals surface area contributed by atoms with Crippen LogP contribution in [0.5, 0.6) is 11.6 Å². The van der Waals surface area contributed by atoms with Gasteiger partial charge in [-0.1, -0.05) is 90.4 Å². The molecule has 5 nitrogen and oxygen atoms in total. The molecular weight excluding hydrogens is 616 g/mol. The molecule has 0 bridgehead atoms. The highest BCUT2D eigenvalue weighted by Crippen LogP contribution is 2.35. The van der Waals surface area contributed by atoms with Gasteiger partial charge in [0.2, 0.25) is 11.7 Å². The number of rotatable bonds is 18. The highest BCUT2D eigenvalue weighted by Gasteiger charge is 2.24. The second-order valence-electron chi connectivity index (χ2n) is 8.87. The summed E-state index contributed by atoms with van der Waals surface area (Å²) in [4.78, 5) is 8.95. The first-order valence-electron chi connectivity index (χ1n) is 12.5. The van der Waals surface area contributed by atoms with Crippen LogP contribution >= 0.6 is 45.7 Å². The molecule has 1 aromatic rings. The van der Waals surface area contributed by atoms with Crippen molar-refractivity contribution in [1.82, 2.24) is 9.97 Å². The van der Waals surface area contributed by atoms with E-state index in [1.165, 1.54) is 89.9 Å². The Bertz CT molecular complexity index is 613. The number of hydrogen-bond acceptors (Lipinski definition) is 5. The second-order valence-corrected chi connectivity index (χ2v) is 12.6. The molecule has 1 saturated carbocycles. The fourth-order valence-corrected chi connectivity index (χ4v) is 4.36. The molecule has 0 radical (unpaired) electrons. The smallest absolute Gasteiger partial charge is 0.262 e.